The molecule has 0 heterocycles. The van der Waals surface area contributed by atoms with Crippen LogP contribution in [0.25, 0.3) is 0 Å². The molecule has 0 spiro atoms. The first kappa shape index (κ1) is 14.7. The maximum atomic E-state index is 12.8. The number of benzene rings is 1. The number of rotatable bonds is 2. The third-order valence-corrected chi connectivity index (χ3v) is 4.27. The average molecular weight is 292 g/mol. The van der Waals surface area contributed by atoms with E-state index in [-0.39, 0.29) is 10.9 Å². The van der Waals surface area contributed by atoms with Gasteiger partial charge in [0, 0.05) is 6.04 Å². The third-order valence-electron chi connectivity index (χ3n) is 3.85. The van der Waals surface area contributed by atoms with E-state index in [9.17, 15) is 13.2 Å². The van der Waals surface area contributed by atoms with Gasteiger partial charge in [-0.25, -0.2) is 0 Å². The quantitative estimate of drug-likeness (QED) is 0.820. The Bertz CT molecular complexity index is 439. The molecule has 1 saturated carbocycles. The second-order valence-electron chi connectivity index (χ2n) is 5.13. The van der Waals surface area contributed by atoms with Gasteiger partial charge in [0.1, 0.15) is 0 Å². The van der Waals surface area contributed by atoms with Gasteiger partial charge in [-0.3, -0.25) is 0 Å². The van der Waals surface area contributed by atoms with E-state index in [1.165, 1.54) is 12.5 Å². The first-order valence-corrected chi connectivity index (χ1v) is 6.90. The van der Waals surface area contributed by atoms with Gasteiger partial charge < -0.3 is 5.73 Å². The molecule has 0 aromatic heterocycles. The van der Waals surface area contributed by atoms with E-state index in [1.54, 1.807) is 6.07 Å². The van der Waals surface area contributed by atoms with E-state index in [4.69, 9.17) is 17.3 Å². The summed E-state index contributed by atoms with van der Waals surface area (Å²) in [6.07, 6.45) is 0.865. The maximum Gasteiger partial charge on any atom is 0.417 e. The summed E-state index contributed by atoms with van der Waals surface area (Å²) in [5, 5.41) is -0.243. The Balaban J connectivity index is 2.29. The zero-order valence-electron chi connectivity index (χ0n) is 10.5. The van der Waals surface area contributed by atoms with Gasteiger partial charge in [-0.2, -0.15) is 13.2 Å². The highest BCUT2D eigenvalue weighted by atomic mass is 35.5. The molecule has 0 radical (unpaired) electrons. The van der Waals surface area contributed by atoms with Crippen LogP contribution in [0.3, 0.4) is 0 Å². The van der Waals surface area contributed by atoms with Crippen molar-refractivity contribution in [3.8, 4) is 0 Å². The number of hydrogen-bond acceptors (Lipinski definition) is 1. The number of halogens is 4. The minimum absolute atomic E-state index is 0.231. The van der Waals surface area contributed by atoms with E-state index in [0.29, 0.717) is 5.56 Å². The fourth-order valence-corrected chi connectivity index (χ4v) is 3.13. The lowest BCUT2D eigenvalue weighted by Crippen LogP contribution is -2.24. The van der Waals surface area contributed by atoms with Crippen LogP contribution in [0.5, 0.6) is 0 Å². The molecule has 1 aromatic carbocycles. The predicted octanol–water partition coefficient (Wildman–Crippen LogP) is 4.94. The van der Waals surface area contributed by atoms with Crippen molar-refractivity contribution in [3.63, 3.8) is 0 Å². The third kappa shape index (κ3) is 3.23. The molecule has 0 bridgehead atoms. The van der Waals surface area contributed by atoms with Crippen molar-refractivity contribution in [1.29, 1.82) is 0 Å². The summed E-state index contributed by atoms with van der Waals surface area (Å²) in [6, 6.07) is 3.58. The lowest BCUT2D eigenvalue weighted by molar-refractivity contribution is -0.137. The lowest BCUT2D eigenvalue weighted by Gasteiger charge is -2.28. The van der Waals surface area contributed by atoms with Gasteiger partial charge in [-0.1, -0.05) is 43.0 Å². The number of hydrogen-bond donors (Lipinski definition) is 1. The van der Waals surface area contributed by atoms with E-state index < -0.39 is 17.8 Å². The van der Waals surface area contributed by atoms with Crippen LogP contribution in [0.15, 0.2) is 18.2 Å². The summed E-state index contributed by atoms with van der Waals surface area (Å²) in [5.74, 6) is 0.231. The lowest BCUT2D eigenvalue weighted by atomic mass is 9.81. The Morgan fingerprint density at radius 1 is 1.16 bits per heavy atom. The van der Waals surface area contributed by atoms with Crippen LogP contribution in [0.4, 0.5) is 13.2 Å². The molecular weight excluding hydrogens is 275 g/mol. The SMILES string of the molecule is N[C@H](c1cccc(C(F)(F)F)c1Cl)C1CCCCC1. The Morgan fingerprint density at radius 2 is 1.79 bits per heavy atom. The summed E-state index contributed by atoms with van der Waals surface area (Å²) >= 11 is 5.91. The monoisotopic (exact) mass is 291 g/mol. The molecule has 1 aromatic rings. The van der Waals surface area contributed by atoms with Crippen molar-refractivity contribution in [1.82, 2.24) is 0 Å². The minimum Gasteiger partial charge on any atom is -0.324 e. The van der Waals surface area contributed by atoms with Crippen LogP contribution in [-0.4, -0.2) is 0 Å². The smallest absolute Gasteiger partial charge is 0.324 e. The van der Waals surface area contributed by atoms with Crippen LogP contribution in [-0.2, 0) is 6.18 Å². The van der Waals surface area contributed by atoms with Gasteiger partial charge in [0.25, 0.3) is 0 Å². The van der Waals surface area contributed by atoms with Crippen molar-refractivity contribution in [2.75, 3.05) is 0 Å². The average Bonchev–Trinajstić information content (AvgIpc) is 2.38. The molecule has 0 saturated heterocycles. The van der Waals surface area contributed by atoms with Gasteiger partial charge in [-0.15, -0.1) is 0 Å². The highest BCUT2D eigenvalue weighted by molar-refractivity contribution is 6.32. The molecular formula is C14H17ClF3N. The van der Waals surface area contributed by atoms with Gasteiger partial charge in [0.05, 0.1) is 10.6 Å². The molecule has 1 atom stereocenters. The molecule has 0 amide bonds. The summed E-state index contributed by atoms with van der Waals surface area (Å²) in [4.78, 5) is 0. The largest absolute Gasteiger partial charge is 0.417 e. The molecule has 2 N–H and O–H groups in total. The highest BCUT2D eigenvalue weighted by Gasteiger charge is 2.35. The van der Waals surface area contributed by atoms with E-state index in [1.807, 2.05) is 0 Å². The van der Waals surface area contributed by atoms with Crippen LogP contribution in [0.1, 0.15) is 49.3 Å². The molecule has 1 aliphatic carbocycles. The molecule has 106 valence electrons. The Kier molecular flexibility index (Phi) is 4.41. The van der Waals surface area contributed by atoms with Gasteiger partial charge >= 0.3 is 6.18 Å². The molecule has 5 heteroatoms. The molecule has 1 aliphatic rings. The van der Waals surface area contributed by atoms with Crippen LogP contribution < -0.4 is 5.73 Å². The first-order chi connectivity index (χ1) is 8.91. The molecule has 1 fully saturated rings. The van der Waals surface area contributed by atoms with Crippen molar-refractivity contribution >= 4 is 11.6 Å². The zero-order chi connectivity index (χ0) is 14.0. The molecule has 0 aliphatic heterocycles. The Labute approximate surface area is 115 Å². The fraction of sp³-hybridized carbons (Fsp3) is 0.571. The van der Waals surface area contributed by atoms with E-state index >= 15 is 0 Å². The minimum atomic E-state index is -4.43. The fourth-order valence-electron chi connectivity index (χ4n) is 2.77. The Morgan fingerprint density at radius 3 is 2.37 bits per heavy atom. The van der Waals surface area contributed by atoms with Gasteiger partial charge in [-0.05, 0) is 30.4 Å². The number of nitrogens with two attached hydrogens (primary N) is 1. The van der Waals surface area contributed by atoms with Crippen molar-refractivity contribution in [3.05, 3.63) is 34.3 Å². The topological polar surface area (TPSA) is 26.0 Å². The second kappa shape index (κ2) is 5.71. The first-order valence-electron chi connectivity index (χ1n) is 6.52. The molecule has 1 nitrogen and oxygen atoms in total. The van der Waals surface area contributed by atoms with Crippen molar-refractivity contribution in [2.45, 2.75) is 44.3 Å². The summed E-state index contributed by atoms with van der Waals surface area (Å²) in [6.45, 7) is 0. The molecule has 2 rings (SSSR count). The maximum absolute atomic E-state index is 12.8. The van der Waals surface area contributed by atoms with Crippen LogP contribution >= 0.6 is 11.6 Å². The highest BCUT2D eigenvalue weighted by Crippen LogP contribution is 2.41. The standard InChI is InChI=1S/C14H17ClF3N/c15-12-10(7-4-8-11(12)14(16,17)18)13(19)9-5-2-1-3-6-9/h4,7-9,13H,1-3,5-6,19H2/t13-/m0/s1. The number of alkyl halides is 3. The zero-order valence-corrected chi connectivity index (χ0v) is 11.3. The predicted molar refractivity (Wildman–Crippen MR) is 70.0 cm³/mol. The summed E-state index contributed by atoms with van der Waals surface area (Å²) in [5.41, 5.74) is 5.76. The molecule has 19 heavy (non-hydrogen) atoms. The van der Waals surface area contributed by atoms with Crippen molar-refractivity contribution in [2.24, 2.45) is 11.7 Å². The van der Waals surface area contributed by atoms with Crippen LogP contribution in [0, 0.1) is 5.92 Å². The van der Waals surface area contributed by atoms with Gasteiger partial charge in [0.15, 0.2) is 0 Å². The van der Waals surface area contributed by atoms with E-state index in [0.717, 1.165) is 31.7 Å². The second-order valence-corrected chi connectivity index (χ2v) is 5.51. The van der Waals surface area contributed by atoms with E-state index in [2.05, 4.69) is 0 Å². The normalized spacial score (nSPS) is 19.4. The molecule has 0 unspecified atom stereocenters. The summed E-state index contributed by atoms with van der Waals surface area (Å²) < 4.78 is 38.4. The Hall–Kier alpha value is -0.740. The van der Waals surface area contributed by atoms with Gasteiger partial charge in [0.2, 0.25) is 0 Å². The summed E-state index contributed by atoms with van der Waals surface area (Å²) in [7, 11) is 0. The van der Waals surface area contributed by atoms with Crippen molar-refractivity contribution < 1.29 is 13.2 Å². The van der Waals surface area contributed by atoms with Crippen LogP contribution in [0.2, 0.25) is 5.02 Å².